The van der Waals surface area contributed by atoms with Gasteiger partial charge in [0.1, 0.15) is 6.04 Å². The summed E-state index contributed by atoms with van der Waals surface area (Å²) in [4.78, 5) is 37.7. The van der Waals surface area contributed by atoms with E-state index in [9.17, 15) is 19.5 Å². The molecule has 7 heteroatoms. The van der Waals surface area contributed by atoms with Gasteiger partial charge in [0.15, 0.2) is 5.78 Å². The van der Waals surface area contributed by atoms with Crippen LogP contribution in [0.4, 0.5) is 0 Å². The minimum Gasteiger partial charge on any atom is -0.480 e. The quantitative estimate of drug-likeness (QED) is 0.334. The lowest BCUT2D eigenvalue weighted by atomic mass is 9.99. The van der Waals surface area contributed by atoms with E-state index in [1.165, 1.54) is 0 Å². The predicted molar refractivity (Wildman–Crippen MR) is 120 cm³/mol. The Bertz CT molecular complexity index is 1060. The number of ketones is 1. The Morgan fingerprint density at radius 2 is 1.37 bits per heavy atom. The fourth-order valence-electron chi connectivity index (χ4n) is 2.95. The van der Waals surface area contributed by atoms with Crippen molar-refractivity contribution in [2.45, 2.75) is 22.3 Å². The molecule has 5 nitrogen and oxygen atoms in total. The zero-order valence-electron chi connectivity index (χ0n) is 15.8. The Morgan fingerprint density at radius 1 is 0.800 bits per heavy atom. The summed E-state index contributed by atoms with van der Waals surface area (Å²) in [6, 6.07) is 19.2. The smallest absolute Gasteiger partial charge is 0.326 e. The molecule has 0 aromatic heterocycles. The minimum absolute atomic E-state index is 0.0786. The van der Waals surface area contributed by atoms with E-state index in [-0.39, 0.29) is 17.8 Å². The predicted octanol–water partition coefficient (Wildman–Crippen LogP) is 3.92. The summed E-state index contributed by atoms with van der Waals surface area (Å²) in [6.45, 7) is 0. The van der Waals surface area contributed by atoms with Crippen molar-refractivity contribution in [1.82, 2.24) is 5.32 Å². The number of benzene rings is 3. The molecule has 1 amide bonds. The maximum absolute atomic E-state index is 12.5. The fourth-order valence-corrected chi connectivity index (χ4v) is 3.61. The minimum atomic E-state index is -1.15. The van der Waals surface area contributed by atoms with Crippen LogP contribution >= 0.6 is 25.3 Å². The SMILES string of the molecule is O=C(NC(Cc1ccc(C(=O)c2ccccc2)cc1)C(=O)O)c1cc(S)cc(S)c1. The van der Waals surface area contributed by atoms with Gasteiger partial charge in [-0.2, -0.15) is 0 Å². The number of hydrogen-bond donors (Lipinski definition) is 4. The number of amides is 1. The van der Waals surface area contributed by atoms with E-state index < -0.39 is 17.9 Å². The zero-order valence-corrected chi connectivity index (χ0v) is 17.6. The maximum Gasteiger partial charge on any atom is 0.326 e. The summed E-state index contributed by atoms with van der Waals surface area (Å²) in [5, 5.41) is 12.1. The van der Waals surface area contributed by atoms with E-state index in [0.29, 0.717) is 26.5 Å². The van der Waals surface area contributed by atoms with Gasteiger partial charge >= 0.3 is 5.97 Å². The highest BCUT2D eigenvalue weighted by Gasteiger charge is 2.22. The first kappa shape index (κ1) is 21.7. The van der Waals surface area contributed by atoms with Gasteiger partial charge in [0.25, 0.3) is 5.91 Å². The summed E-state index contributed by atoms with van der Waals surface area (Å²) in [7, 11) is 0. The second-order valence-electron chi connectivity index (χ2n) is 6.70. The molecular weight excluding hydrogens is 418 g/mol. The second kappa shape index (κ2) is 9.65. The summed E-state index contributed by atoms with van der Waals surface area (Å²) in [6.07, 6.45) is 0.0786. The Labute approximate surface area is 185 Å². The summed E-state index contributed by atoms with van der Waals surface area (Å²) >= 11 is 8.42. The molecule has 2 N–H and O–H groups in total. The number of carbonyl (C=O) groups excluding carboxylic acids is 2. The van der Waals surface area contributed by atoms with Crippen LogP contribution in [-0.4, -0.2) is 28.8 Å². The third-order valence-corrected chi connectivity index (χ3v) is 4.98. The van der Waals surface area contributed by atoms with Gasteiger partial charge in [-0.05, 0) is 23.8 Å². The van der Waals surface area contributed by atoms with Gasteiger partial charge in [0.2, 0.25) is 0 Å². The van der Waals surface area contributed by atoms with Crippen LogP contribution in [0.25, 0.3) is 0 Å². The lowest BCUT2D eigenvalue weighted by Crippen LogP contribution is -2.42. The van der Waals surface area contributed by atoms with Crippen LogP contribution in [0.15, 0.2) is 82.6 Å². The van der Waals surface area contributed by atoms with E-state index in [0.717, 1.165) is 0 Å². The summed E-state index contributed by atoms with van der Waals surface area (Å²) < 4.78 is 0. The third-order valence-electron chi connectivity index (χ3n) is 4.46. The lowest BCUT2D eigenvalue weighted by Gasteiger charge is -2.15. The molecule has 0 radical (unpaired) electrons. The largest absolute Gasteiger partial charge is 0.480 e. The standard InChI is InChI=1S/C23H19NO4S2/c25-21(15-4-2-1-3-5-15)16-8-6-14(7-9-16)10-20(23(27)28)24-22(26)17-11-18(29)13-19(30)12-17/h1-9,11-13,20,29-30H,10H2,(H,24,26)(H,27,28). The molecule has 0 spiro atoms. The number of carboxylic acids is 1. The van der Waals surface area contributed by atoms with Gasteiger partial charge in [-0.15, -0.1) is 25.3 Å². The highest BCUT2D eigenvalue weighted by atomic mass is 32.1. The fraction of sp³-hybridized carbons (Fsp3) is 0.0870. The Kier molecular flexibility index (Phi) is 6.97. The molecule has 0 aliphatic carbocycles. The zero-order chi connectivity index (χ0) is 21.7. The number of hydrogen-bond acceptors (Lipinski definition) is 5. The van der Waals surface area contributed by atoms with Gasteiger partial charge in [-0.3, -0.25) is 9.59 Å². The first-order valence-corrected chi connectivity index (χ1v) is 9.98. The molecule has 0 saturated heterocycles. The van der Waals surface area contributed by atoms with Gasteiger partial charge in [0, 0.05) is 32.9 Å². The number of aliphatic carboxylic acids is 1. The Hall–Kier alpha value is -3.03. The molecule has 1 atom stereocenters. The van der Waals surface area contributed by atoms with Crippen LogP contribution < -0.4 is 5.32 Å². The third kappa shape index (κ3) is 5.52. The average Bonchev–Trinajstić information content (AvgIpc) is 2.73. The molecular formula is C23H19NO4S2. The molecule has 0 fully saturated rings. The van der Waals surface area contributed by atoms with E-state index >= 15 is 0 Å². The van der Waals surface area contributed by atoms with Crippen molar-refractivity contribution in [3.05, 3.63) is 95.1 Å². The van der Waals surface area contributed by atoms with Crippen molar-refractivity contribution in [2.24, 2.45) is 0 Å². The van der Waals surface area contributed by atoms with Crippen molar-refractivity contribution < 1.29 is 19.5 Å². The highest BCUT2D eigenvalue weighted by molar-refractivity contribution is 7.81. The molecule has 3 aromatic rings. The van der Waals surface area contributed by atoms with Crippen LogP contribution in [0, 0.1) is 0 Å². The monoisotopic (exact) mass is 437 g/mol. The van der Waals surface area contributed by atoms with Crippen LogP contribution in [0.1, 0.15) is 31.8 Å². The van der Waals surface area contributed by atoms with E-state index in [4.69, 9.17) is 0 Å². The van der Waals surface area contributed by atoms with E-state index in [2.05, 4.69) is 30.6 Å². The van der Waals surface area contributed by atoms with Crippen molar-refractivity contribution in [3.8, 4) is 0 Å². The highest BCUT2D eigenvalue weighted by Crippen LogP contribution is 2.17. The van der Waals surface area contributed by atoms with Crippen molar-refractivity contribution in [2.75, 3.05) is 0 Å². The molecule has 3 rings (SSSR count). The number of rotatable bonds is 7. The second-order valence-corrected chi connectivity index (χ2v) is 7.73. The average molecular weight is 438 g/mol. The van der Waals surface area contributed by atoms with Crippen LogP contribution in [0.3, 0.4) is 0 Å². The number of nitrogens with one attached hydrogen (secondary N) is 1. The molecule has 0 heterocycles. The van der Waals surface area contributed by atoms with Crippen molar-refractivity contribution >= 4 is 42.9 Å². The normalized spacial score (nSPS) is 11.5. The van der Waals surface area contributed by atoms with Gasteiger partial charge < -0.3 is 10.4 Å². The lowest BCUT2D eigenvalue weighted by molar-refractivity contribution is -0.139. The van der Waals surface area contributed by atoms with E-state index in [1.54, 1.807) is 66.7 Å². The first-order valence-electron chi connectivity index (χ1n) is 9.09. The first-order chi connectivity index (χ1) is 14.3. The summed E-state index contributed by atoms with van der Waals surface area (Å²) in [5.41, 5.74) is 2.05. The molecule has 3 aromatic carbocycles. The van der Waals surface area contributed by atoms with Crippen LogP contribution in [0.2, 0.25) is 0 Å². The van der Waals surface area contributed by atoms with Gasteiger partial charge in [-0.25, -0.2) is 4.79 Å². The van der Waals surface area contributed by atoms with Crippen LogP contribution in [-0.2, 0) is 11.2 Å². The molecule has 1 unspecified atom stereocenters. The molecule has 0 aliphatic heterocycles. The number of thiol groups is 2. The summed E-state index contributed by atoms with van der Waals surface area (Å²) in [5.74, 6) is -1.79. The topological polar surface area (TPSA) is 83.5 Å². The van der Waals surface area contributed by atoms with Gasteiger partial charge in [-0.1, -0.05) is 54.6 Å². The molecule has 0 bridgehead atoms. The molecule has 152 valence electrons. The number of carboxylic acid groups (broad SMARTS) is 1. The Balaban J connectivity index is 1.71. The van der Waals surface area contributed by atoms with Crippen molar-refractivity contribution in [1.29, 1.82) is 0 Å². The molecule has 0 saturated carbocycles. The van der Waals surface area contributed by atoms with E-state index in [1.807, 2.05) is 6.07 Å². The maximum atomic E-state index is 12.5. The number of carbonyl (C=O) groups is 3. The Morgan fingerprint density at radius 3 is 1.93 bits per heavy atom. The molecule has 30 heavy (non-hydrogen) atoms. The van der Waals surface area contributed by atoms with Crippen molar-refractivity contribution in [3.63, 3.8) is 0 Å². The van der Waals surface area contributed by atoms with Gasteiger partial charge in [0.05, 0.1) is 0 Å². The molecule has 0 aliphatic rings. The van der Waals surface area contributed by atoms with Crippen LogP contribution in [0.5, 0.6) is 0 Å².